The van der Waals surface area contributed by atoms with Crippen LogP contribution in [0.3, 0.4) is 0 Å². The first-order chi connectivity index (χ1) is 6.02. The van der Waals surface area contributed by atoms with Crippen LogP contribution in [0.4, 0.5) is 9.18 Å². The highest BCUT2D eigenvalue weighted by Crippen LogP contribution is 2.27. The number of nitrogens with two attached hydrogens (primary N) is 1. The smallest absolute Gasteiger partial charge is 0.407 e. The molecule has 5 heteroatoms. The predicted octanol–water partition coefficient (Wildman–Crippen LogP) is 2.25. The molecule has 0 saturated heterocycles. The zero-order valence-electron chi connectivity index (χ0n) is 6.80. The molecule has 70 valence electrons. The van der Waals surface area contributed by atoms with Gasteiger partial charge in [0.25, 0.3) is 0 Å². The second-order valence-electron chi connectivity index (χ2n) is 2.43. The van der Waals surface area contributed by atoms with Gasteiger partial charge < -0.3 is 10.5 Å². The van der Waals surface area contributed by atoms with E-state index in [1.165, 1.54) is 12.1 Å². The van der Waals surface area contributed by atoms with Crippen molar-refractivity contribution in [2.45, 2.75) is 6.92 Å². The van der Waals surface area contributed by atoms with Crippen LogP contribution in [0.5, 0.6) is 5.75 Å². The minimum atomic E-state index is -1.07. The molecule has 1 rings (SSSR count). The number of rotatable bonds is 1. The van der Waals surface area contributed by atoms with Crippen LogP contribution in [-0.4, -0.2) is 6.09 Å². The summed E-state index contributed by atoms with van der Waals surface area (Å²) in [6.45, 7) is 1.64. The third kappa shape index (κ3) is 2.09. The molecule has 3 nitrogen and oxygen atoms in total. The van der Waals surface area contributed by atoms with E-state index < -0.39 is 11.9 Å². The van der Waals surface area contributed by atoms with E-state index >= 15 is 0 Å². The molecule has 0 aliphatic carbocycles. The molecule has 1 aromatic carbocycles. The Bertz CT molecular complexity index is 354. The van der Waals surface area contributed by atoms with Crippen molar-refractivity contribution >= 4 is 17.7 Å². The molecule has 0 radical (unpaired) electrons. The summed E-state index contributed by atoms with van der Waals surface area (Å²) < 4.78 is 17.5. The van der Waals surface area contributed by atoms with Gasteiger partial charge in [-0.3, -0.25) is 0 Å². The summed E-state index contributed by atoms with van der Waals surface area (Å²) in [6, 6.07) is 2.82. The lowest BCUT2D eigenvalue weighted by Crippen LogP contribution is -2.17. The molecule has 13 heavy (non-hydrogen) atoms. The van der Waals surface area contributed by atoms with Crippen LogP contribution in [0.2, 0.25) is 5.02 Å². The van der Waals surface area contributed by atoms with E-state index in [0.717, 1.165) is 0 Å². The third-order valence-corrected chi connectivity index (χ3v) is 1.91. The molecule has 0 spiro atoms. The van der Waals surface area contributed by atoms with E-state index in [-0.39, 0.29) is 10.8 Å². The highest BCUT2D eigenvalue weighted by molar-refractivity contribution is 6.31. The summed E-state index contributed by atoms with van der Waals surface area (Å²) in [5, 5.41) is -0.0706. The van der Waals surface area contributed by atoms with Gasteiger partial charge >= 0.3 is 6.09 Å². The standard InChI is InChI=1S/C8H7ClFNO2/c1-4-2-3-5(13-8(11)12)7(10)6(4)9/h2-3H,1H3,(H2,11,12). The summed E-state index contributed by atoms with van der Waals surface area (Å²) in [4.78, 5) is 10.3. The first-order valence-electron chi connectivity index (χ1n) is 3.44. The molecule has 0 atom stereocenters. The zero-order valence-corrected chi connectivity index (χ0v) is 7.56. The SMILES string of the molecule is Cc1ccc(OC(N)=O)c(F)c1Cl. The van der Waals surface area contributed by atoms with Gasteiger partial charge in [-0.2, -0.15) is 0 Å². The Labute approximate surface area is 79.2 Å². The van der Waals surface area contributed by atoms with Gasteiger partial charge in [0.05, 0.1) is 5.02 Å². The number of halogens is 2. The Morgan fingerprint density at radius 1 is 1.62 bits per heavy atom. The molecule has 0 unspecified atom stereocenters. The summed E-state index contributed by atoms with van der Waals surface area (Å²) in [5.74, 6) is -1.04. The van der Waals surface area contributed by atoms with E-state index in [1.54, 1.807) is 6.92 Å². The third-order valence-electron chi connectivity index (χ3n) is 1.45. The van der Waals surface area contributed by atoms with Gasteiger partial charge in [0.1, 0.15) is 0 Å². The number of carbonyl (C=O) groups is 1. The Morgan fingerprint density at radius 2 is 2.23 bits per heavy atom. The average molecular weight is 204 g/mol. The summed E-state index contributed by atoms with van der Waals surface area (Å²) in [6.07, 6.45) is -1.07. The number of primary amides is 1. The average Bonchev–Trinajstić information content (AvgIpc) is 2.06. The Balaban J connectivity index is 3.10. The molecule has 2 N–H and O–H groups in total. The summed E-state index contributed by atoms with van der Waals surface area (Å²) in [5.41, 5.74) is 5.28. The highest BCUT2D eigenvalue weighted by Gasteiger charge is 2.11. The van der Waals surface area contributed by atoms with E-state index in [0.29, 0.717) is 5.56 Å². The predicted molar refractivity (Wildman–Crippen MR) is 46.4 cm³/mol. The number of hydrogen-bond donors (Lipinski definition) is 1. The van der Waals surface area contributed by atoms with Crippen molar-refractivity contribution in [2.75, 3.05) is 0 Å². The lowest BCUT2D eigenvalue weighted by atomic mass is 10.2. The second kappa shape index (κ2) is 3.62. The maximum absolute atomic E-state index is 13.2. The molecule has 1 aromatic rings. The van der Waals surface area contributed by atoms with Gasteiger partial charge in [0.2, 0.25) is 0 Å². The molecule has 1 amide bonds. The van der Waals surface area contributed by atoms with Gasteiger partial charge in [-0.1, -0.05) is 17.7 Å². The van der Waals surface area contributed by atoms with Crippen LogP contribution in [0.15, 0.2) is 12.1 Å². The minimum Gasteiger partial charge on any atom is -0.407 e. The van der Waals surface area contributed by atoms with Crippen LogP contribution in [0, 0.1) is 12.7 Å². The van der Waals surface area contributed by atoms with Crippen molar-refractivity contribution in [3.8, 4) is 5.75 Å². The van der Waals surface area contributed by atoms with Crippen molar-refractivity contribution in [3.63, 3.8) is 0 Å². The van der Waals surface area contributed by atoms with Crippen molar-refractivity contribution in [1.82, 2.24) is 0 Å². The summed E-state index contributed by atoms with van der Waals surface area (Å²) >= 11 is 5.56. The number of aryl methyl sites for hydroxylation is 1. The fourth-order valence-electron chi connectivity index (χ4n) is 0.815. The van der Waals surface area contributed by atoms with Crippen molar-refractivity contribution < 1.29 is 13.9 Å². The highest BCUT2D eigenvalue weighted by atomic mass is 35.5. The maximum Gasteiger partial charge on any atom is 0.410 e. The number of ether oxygens (including phenoxy) is 1. The molecule has 0 bridgehead atoms. The van der Waals surface area contributed by atoms with Crippen LogP contribution in [0.1, 0.15) is 5.56 Å². The fraction of sp³-hybridized carbons (Fsp3) is 0.125. The quantitative estimate of drug-likeness (QED) is 0.761. The number of carbonyl (C=O) groups excluding carboxylic acids is 1. The first-order valence-corrected chi connectivity index (χ1v) is 3.82. The second-order valence-corrected chi connectivity index (χ2v) is 2.81. The Morgan fingerprint density at radius 3 is 2.77 bits per heavy atom. The molecule has 0 fully saturated rings. The molecule has 0 saturated carbocycles. The van der Waals surface area contributed by atoms with Gasteiger partial charge in [0, 0.05) is 0 Å². The summed E-state index contributed by atoms with van der Waals surface area (Å²) in [7, 11) is 0. The van der Waals surface area contributed by atoms with E-state index in [2.05, 4.69) is 4.74 Å². The zero-order chi connectivity index (χ0) is 10.0. The monoisotopic (exact) mass is 203 g/mol. The minimum absolute atomic E-state index is 0.0706. The number of amides is 1. The lowest BCUT2D eigenvalue weighted by molar-refractivity contribution is 0.208. The number of hydrogen-bond acceptors (Lipinski definition) is 2. The lowest BCUT2D eigenvalue weighted by Gasteiger charge is -2.04. The Kier molecular flexibility index (Phi) is 2.72. The van der Waals surface area contributed by atoms with Gasteiger partial charge in [-0.05, 0) is 18.6 Å². The normalized spacial score (nSPS) is 9.77. The first kappa shape index (κ1) is 9.80. The fourth-order valence-corrected chi connectivity index (χ4v) is 0.972. The Hall–Kier alpha value is -1.29. The van der Waals surface area contributed by atoms with E-state index in [4.69, 9.17) is 17.3 Å². The van der Waals surface area contributed by atoms with Gasteiger partial charge in [-0.15, -0.1) is 0 Å². The molecular weight excluding hydrogens is 197 g/mol. The van der Waals surface area contributed by atoms with E-state index in [9.17, 15) is 9.18 Å². The molecule has 0 aliphatic heterocycles. The van der Waals surface area contributed by atoms with Crippen LogP contribution in [-0.2, 0) is 0 Å². The molecule has 0 heterocycles. The number of benzene rings is 1. The van der Waals surface area contributed by atoms with Crippen LogP contribution >= 0.6 is 11.6 Å². The maximum atomic E-state index is 13.2. The van der Waals surface area contributed by atoms with Crippen molar-refractivity contribution in [3.05, 3.63) is 28.5 Å². The molecule has 0 aromatic heterocycles. The van der Waals surface area contributed by atoms with Crippen LogP contribution in [0.25, 0.3) is 0 Å². The van der Waals surface area contributed by atoms with E-state index in [1.807, 2.05) is 0 Å². The van der Waals surface area contributed by atoms with Crippen molar-refractivity contribution in [1.29, 1.82) is 0 Å². The topological polar surface area (TPSA) is 52.3 Å². The van der Waals surface area contributed by atoms with Crippen molar-refractivity contribution in [2.24, 2.45) is 5.73 Å². The molecular formula is C8H7ClFNO2. The van der Waals surface area contributed by atoms with Crippen LogP contribution < -0.4 is 10.5 Å². The molecule has 0 aliphatic rings. The van der Waals surface area contributed by atoms with Gasteiger partial charge in [0.15, 0.2) is 11.6 Å². The largest absolute Gasteiger partial charge is 0.410 e. The van der Waals surface area contributed by atoms with Gasteiger partial charge in [-0.25, -0.2) is 9.18 Å².